The number of ether oxygens (including phenoxy) is 1. The number of urea groups is 1. The van der Waals surface area contributed by atoms with Crippen LogP contribution in [0.15, 0.2) is 60.7 Å². The van der Waals surface area contributed by atoms with Crippen molar-refractivity contribution in [2.75, 3.05) is 13.2 Å². The van der Waals surface area contributed by atoms with Gasteiger partial charge in [0.2, 0.25) is 0 Å². The van der Waals surface area contributed by atoms with Crippen molar-refractivity contribution in [1.29, 1.82) is 0 Å². The molecule has 3 N–H and O–H groups in total. The minimum atomic E-state index is -0.874. The number of carboxylic acid groups (broad SMARTS) is 1. The molecule has 0 aliphatic carbocycles. The highest BCUT2D eigenvalue weighted by molar-refractivity contribution is 5.74. The first-order valence-corrected chi connectivity index (χ1v) is 8.14. The second-order valence-electron chi connectivity index (χ2n) is 5.48. The largest absolute Gasteiger partial charge is 0.491 e. The van der Waals surface area contributed by atoms with E-state index in [0.29, 0.717) is 13.0 Å². The fourth-order valence-electron chi connectivity index (χ4n) is 2.25. The van der Waals surface area contributed by atoms with Crippen LogP contribution in [0, 0.1) is 0 Å². The lowest BCUT2D eigenvalue weighted by molar-refractivity contribution is -0.137. The molecule has 0 bridgehead atoms. The predicted molar refractivity (Wildman–Crippen MR) is 94.5 cm³/mol. The van der Waals surface area contributed by atoms with Crippen LogP contribution in [0.25, 0.3) is 0 Å². The summed E-state index contributed by atoms with van der Waals surface area (Å²) in [5.41, 5.74) is 0.930. The number of rotatable bonds is 9. The van der Waals surface area contributed by atoms with Crippen LogP contribution in [0.5, 0.6) is 5.75 Å². The topological polar surface area (TPSA) is 87.7 Å². The molecule has 0 heterocycles. The first kappa shape index (κ1) is 18.3. The lowest BCUT2D eigenvalue weighted by Crippen LogP contribution is -2.40. The molecule has 1 atom stereocenters. The van der Waals surface area contributed by atoms with E-state index in [4.69, 9.17) is 9.84 Å². The molecule has 6 heteroatoms. The molecular weight excluding hydrogens is 320 g/mol. The molecule has 2 rings (SSSR count). The van der Waals surface area contributed by atoms with Gasteiger partial charge in [-0.05, 0) is 24.1 Å². The Labute approximate surface area is 146 Å². The number of amides is 2. The molecule has 0 aromatic heterocycles. The molecule has 0 saturated heterocycles. The highest BCUT2D eigenvalue weighted by atomic mass is 16.5. The zero-order valence-electron chi connectivity index (χ0n) is 13.9. The van der Waals surface area contributed by atoms with Crippen LogP contribution in [0.4, 0.5) is 4.79 Å². The van der Waals surface area contributed by atoms with Crippen LogP contribution in [0.2, 0.25) is 0 Å². The summed E-state index contributed by atoms with van der Waals surface area (Å²) in [7, 11) is 0. The molecule has 1 unspecified atom stereocenters. The average Bonchev–Trinajstić information content (AvgIpc) is 2.63. The van der Waals surface area contributed by atoms with Crippen molar-refractivity contribution in [3.05, 3.63) is 66.2 Å². The highest BCUT2D eigenvalue weighted by Gasteiger charge is 2.15. The first-order valence-electron chi connectivity index (χ1n) is 8.14. The van der Waals surface area contributed by atoms with E-state index in [1.165, 1.54) is 0 Å². The number of para-hydroxylation sites is 1. The zero-order chi connectivity index (χ0) is 17.9. The molecule has 25 heavy (non-hydrogen) atoms. The van der Waals surface area contributed by atoms with Crippen molar-refractivity contribution in [1.82, 2.24) is 10.6 Å². The molecule has 0 radical (unpaired) electrons. The number of carbonyl (C=O) groups excluding carboxylic acids is 1. The monoisotopic (exact) mass is 342 g/mol. The number of hydrogen-bond acceptors (Lipinski definition) is 3. The Morgan fingerprint density at radius 3 is 2.28 bits per heavy atom. The molecular formula is C19H22N2O4. The summed E-state index contributed by atoms with van der Waals surface area (Å²) in [6.45, 7) is 0.593. The SMILES string of the molecule is O=C(O)CCCNC(=O)NC(COc1ccccc1)c1ccccc1. The highest BCUT2D eigenvalue weighted by Crippen LogP contribution is 2.16. The van der Waals surface area contributed by atoms with E-state index >= 15 is 0 Å². The van der Waals surface area contributed by atoms with Crippen LogP contribution in [0.3, 0.4) is 0 Å². The molecule has 132 valence electrons. The van der Waals surface area contributed by atoms with Gasteiger partial charge in [-0.3, -0.25) is 4.79 Å². The van der Waals surface area contributed by atoms with Crippen molar-refractivity contribution < 1.29 is 19.4 Å². The standard InChI is InChI=1S/C19H22N2O4/c22-18(23)12-7-13-20-19(24)21-17(15-8-3-1-4-9-15)14-25-16-10-5-2-6-11-16/h1-6,8-11,17H,7,12-14H2,(H,22,23)(H2,20,21,24). The smallest absolute Gasteiger partial charge is 0.315 e. The normalized spacial score (nSPS) is 11.4. The third-order valence-corrected chi connectivity index (χ3v) is 3.52. The lowest BCUT2D eigenvalue weighted by atomic mass is 10.1. The molecule has 2 amide bonds. The van der Waals surface area contributed by atoms with Gasteiger partial charge in [-0.25, -0.2) is 4.79 Å². The fraction of sp³-hybridized carbons (Fsp3) is 0.263. The average molecular weight is 342 g/mol. The van der Waals surface area contributed by atoms with Crippen LogP contribution < -0.4 is 15.4 Å². The van der Waals surface area contributed by atoms with Gasteiger partial charge in [0.25, 0.3) is 0 Å². The summed E-state index contributed by atoms with van der Waals surface area (Å²) in [6.07, 6.45) is 0.415. The molecule has 2 aromatic rings. The zero-order valence-corrected chi connectivity index (χ0v) is 13.9. The van der Waals surface area contributed by atoms with E-state index in [-0.39, 0.29) is 25.1 Å². The summed E-state index contributed by atoms with van der Waals surface area (Å²) in [5, 5.41) is 14.1. The van der Waals surface area contributed by atoms with Gasteiger partial charge in [-0.15, -0.1) is 0 Å². The van der Waals surface area contributed by atoms with E-state index < -0.39 is 5.97 Å². The van der Waals surface area contributed by atoms with Gasteiger partial charge >= 0.3 is 12.0 Å². The second kappa shape index (κ2) is 9.97. The number of nitrogens with one attached hydrogen (secondary N) is 2. The van der Waals surface area contributed by atoms with Gasteiger partial charge in [-0.1, -0.05) is 48.5 Å². The van der Waals surface area contributed by atoms with Gasteiger partial charge < -0.3 is 20.5 Å². The number of benzene rings is 2. The minimum Gasteiger partial charge on any atom is -0.491 e. The Morgan fingerprint density at radius 1 is 1.00 bits per heavy atom. The Balaban J connectivity index is 1.90. The van der Waals surface area contributed by atoms with E-state index in [9.17, 15) is 9.59 Å². The summed E-state index contributed by atoms with van der Waals surface area (Å²) < 4.78 is 5.76. The number of carboxylic acids is 1. The molecule has 2 aromatic carbocycles. The second-order valence-corrected chi connectivity index (χ2v) is 5.48. The Kier molecular flexibility index (Phi) is 7.31. The summed E-state index contributed by atoms with van der Waals surface area (Å²) >= 11 is 0. The van der Waals surface area contributed by atoms with Gasteiger partial charge in [0.1, 0.15) is 12.4 Å². The number of carbonyl (C=O) groups is 2. The Morgan fingerprint density at radius 2 is 1.64 bits per heavy atom. The van der Waals surface area contributed by atoms with E-state index in [2.05, 4.69) is 10.6 Å². The minimum absolute atomic E-state index is 0.0273. The molecule has 6 nitrogen and oxygen atoms in total. The number of aliphatic carboxylic acids is 1. The quantitative estimate of drug-likeness (QED) is 0.611. The maximum Gasteiger partial charge on any atom is 0.315 e. The van der Waals surface area contributed by atoms with Gasteiger partial charge in [0.05, 0.1) is 6.04 Å². The van der Waals surface area contributed by atoms with Crippen LogP contribution >= 0.6 is 0 Å². The predicted octanol–water partition coefficient (Wildman–Crippen LogP) is 2.97. The Hall–Kier alpha value is -3.02. The Bertz CT molecular complexity index is 662. The van der Waals surface area contributed by atoms with Crippen molar-refractivity contribution in [3.8, 4) is 5.75 Å². The summed E-state index contributed by atoms with van der Waals surface area (Å²) in [6, 6.07) is 18.3. The van der Waals surface area contributed by atoms with Crippen molar-refractivity contribution in [2.45, 2.75) is 18.9 Å². The summed E-state index contributed by atoms with van der Waals surface area (Å²) in [5.74, 6) is -0.146. The van der Waals surface area contributed by atoms with E-state index in [1.54, 1.807) is 0 Å². The third kappa shape index (κ3) is 6.95. The molecule has 0 spiro atoms. The van der Waals surface area contributed by atoms with Crippen molar-refractivity contribution in [3.63, 3.8) is 0 Å². The maximum atomic E-state index is 12.1. The third-order valence-electron chi connectivity index (χ3n) is 3.52. The van der Waals surface area contributed by atoms with Crippen LogP contribution in [-0.4, -0.2) is 30.3 Å². The van der Waals surface area contributed by atoms with Gasteiger partial charge in [0.15, 0.2) is 0 Å². The van der Waals surface area contributed by atoms with Gasteiger partial charge in [-0.2, -0.15) is 0 Å². The fourth-order valence-corrected chi connectivity index (χ4v) is 2.25. The van der Waals surface area contributed by atoms with Crippen molar-refractivity contribution in [2.24, 2.45) is 0 Å². The van der Waals surface area contributed by atoms with Crippen LogP contribution in [-0.2, 0) is 4.79 Å². The molecule has 0 fully saturated rings. The molecule has 0 aliphatic heterocycles. The van der Waals surface area contributed by atoms with Crippen molar-refractivity contribution >= 4 is 12.0 Å². The molecule has 0 aliphatic rings. The molecule has 0 saturated carbocycles. The maximum absolute atomic E-state index is 12.1. The summed E-state index contributed by atoms with van der Waals surface area (Å²) in [4.78, 5) is 22.5. The van der Waals surface area contributed by atoms with Crippen LogP contribution in [0.1, 0.15) is 24.4 Å². The van der Waals surface area contributed by atoms with E-state index in [1.807, 2.05) is 60.7 Å². The lowest BCUT2D eigenvalue weighted by Gasteiger charge is -2.20. The first-order chi connectivity index (χ1) is 12.1. The van der Waals surface area contributed by atoms with Gasteiger partial charge in [0, 0.05) is 13.0 Å². The van der Waals surface area contributed by atoms with E-state index in [0.717, 1.165) is 11.3 Å². The number of hydrogen-bond donors (Lipinski definition) is 3.